The number of nitrogens with zero attached hydrogens (tertiary/aromatic N) is 2. The smallest absolute Gasteiger partial charge is 0.233 e. The quantitative estimate of drug-likeness (QED) is 0.684. The molecule has 2 aromatic carbocycles. The average Bonchev–Trinajstić information content (AvgIpc) is 2.69. The SMILES string of the molecule is CCN(Cc1ccccc1)C(=O)CC(=O)Nc1ccc(N(CC)CC)cc1. The summed E-state index contributed by atoms with van der Waals surface area (Å²) in [5.74, 6) is -0.458. The van der Waals surface area contributed by atoms with Crippen molar-refractivity contribution in [3.63, 3.8) is 0 Å². The fourth-order valence-electron chi connectivity index (χ4n) is 2.98. The van der Waals surface area contributed by atoms with E-state index in [2.05, 4.69) is 24.1 Å². The van der Waals surface area contributed by atoms with E-state index in [4.69, 9.17) is 0 Å². The highest BCUT2D eigenvalue weighted by Gasteiger charge is 2.16. The molecule has 0 aliphatic carbocycles. The zero-order valence-electron chi connectivity index (χ0n) is 16.4. The number of carbonyl (C=O) groups is 2. The first-order valence-corrected chi connectivity index (χ1v) is 9.53. The molecule has 0 aliphatic heterocycles. The van der Waals surface area contributed by atoms with Gasteiger partial charge in [0.2, 0.25) is 11.8 Å². The number of benzene rings is 2. The summed E-state index contributed by atoms with van der Waals surface area (Å²) in [5.41, 5.74) is 2.88. The van der Waals surface area contributed by atoms with Crippen LogP contribution in [0.5, 0.6) is 0 Å². The maximum Gasteiger partial charge on any atom is 0.233 e. The molecule has 0 fully saturated rings. The van der Waals surface area contributed by atoms with Crippen molar-refractivity contribution in [1.29, 1.82) is 0 Å². The number of hydrogen-bond donors (Lipinski definition) is 1. The second-order valence-electron chi connectivity index (χ2n) is 6.34. The molecule has 0 bridgehead atoms. The molecule has 2 aromatic rings. The summed E-state index contributed by atoms with van der Waals surface area (Å²) in [4.78, 5) is 28.6. The van der Waals surface area contributed by atoms with Gasteiger partial charge in [-0.2, -0.15) is 0 Å². The highest BCUT2D eigenvalue weighted by Crippen LogP contribution is 2.18. The Morgan fingerprint density at radius 3 is 2.04 bits per heavy atom. The molecule has 0 aliphatic rings. The van der Waals surface area contributed by atoms with Crippen molar-refractivity contribution in [2.75, 3.05) is 29.9 Å². The summed E-state index contributed by atoms with van der Waals surface area (Å²) in [6.45, 7) is 9.10. The normalized spacial score (nSPS) is 10.3. The first-order valence-electron chi connectivity index (χ1n) is 9.53. The first-order chi connectivity index (χ1) is 13.1. The Bertz CT molecular complexity index is 725. The molecule has 0 unspecified atom stereocenters. The van der Waals surface area contributed by atoms with E-state index >= 15 is 0 Å². The summed E-state index contributed by atoms with van der Waals surface area (Å²) >= 11 is 0. The molecule has 2 rings (SSSR count). The average molecular weight is 367 g/mol. The Morgan fingerprint density at radius 1 is 0.852 bits per heavy atom. The molecule has 2 amide bonds. The second-order valence-corrected chi connectivity index (χ2v) is 6.34. The maximum atomic E-state index is 12.5. The van der Waals surface area contributed by atoms with Crippen molar-refractivity contribution in [2.45, 2.75) is 33.7 Å². The highest BCUT2D eigenvalue weighted by molar-refractivity contribution is 6.03. The topological polar surface area (TPSA) is 52.7 Å². The van der Waals surface area contributed by atoms with Gasteiger partial charge in [0.1, 0.15) is 6.42 Å². The summed E-state index contributed by atoms with van der Waals surface area (Å²) < 4.78 is 0. The Hall–Kier alpha value is -2.82. The van der Waals surface area contributed by atoms with Crippen LogP contribution in [0.3, 0.4) is 0 Å². The largest absolute Gasteiger partial charge is 0.372 e. The van der Waals surface area contributed by atoms with Crippen LogP contribution in [0.1, 0.15) is 32.8 Å². The van der Waals surface area contributed by atoms with E-state index in [1.54, 1.807) is 4.90 Å². The molecule has 5 nitrogen and oxygen atoms in total. The van der Waals surface area contributed by atoms with Crippen LogP contribution < -0.4 is 10.2 Å². The summed E-state index contributed by atoms with van der Waals surface area (Å²) in [6.07, 6.45) is -0.154. The fourth-order valence-corrected chi connectivity index (χ4v) is 2.98. The van der Waals surface area contributed by atoms with Gasteiger partial charge in [-0.15, -0.1) is 0 Å². The third-order valence-electron chi connectivity index (χ3n) is 4.54. The molecule has 0 atom stereocenters. The lowest BCUT2D eigenvalue weighted by Gasteiger charge is -2.22. The van der Waals surface area contributed by atoms with Gasteiger partial charge in [-0.25, -0.2) is 0 Å². The van der Waals surface area contributed by atoms with Crippen molar-refractivity contribution in [3.05, 3.63) is 60.2 Å². The van der Waals surface area contributed by atoms with Crippen molar-refractivity contribution in [3.8, 4) is 0 Å². The lowest BCUT2D eigenvalue weighted by Crippen LogP contribution is -2.33. The predicted octanol–water partition coefficient (Wildman–Crippen LogP) is 3.91. The zero-order valence-corrected chi connectivity index (χ0v) is 16.4. The van der Waals surface area contributed by atoms with E-state index < -0.39 is 0 Å². The Labute approximate surface area is 162 Å². The number of carbonyl (C=O) groups excluding carboxylic acids is 2. The van der Waals surface area contributed by atoms with Crippen LogP contribution in [0.15, 0.2) is 54.6 Å². The molecule has 144 valence electrons. The lowest BCUT2D eigenvalue weighted by atomic mass is 10.2. The molecule has 0 radical (unpaired) electrons. The number of nitrogens with one attached hydrogen (secondary N) is 1. The van der Waals surface area contributed by atoms with Gasteiger partial charge in [0.05, 0.1) is 0 Å². The van der Waals surface area contributed by atoms with Crippen molar-refractivity contribution >= 4 is 23.2 Å². The molecule has 1 N–H and O–H groups in total. The third kappa shape index (κ3) is 6.13. The van der Waals surface area contributed by atoms with Gasteiger partial charge in [-0.3, -0.25) is 9.59 Å². The minimum absolute atomic E-state index is 0.154. The van der Waals surface area contributed by atoms with Gasteiger partial charge < -0.3 is 15.1 Å². The summed E-state index contributed by atoms with van der Waals surface area (Å²) in [7, 11) is 0. The Morgan fingerprint density at radius 2 is 1.48 bits per heavy atom. The molecule has 0 heterocycles. The van der Waals surface area contributed by atoms with E-state index in [-0.39, 0.29) is 18.2 Å². The Kier molecular flexibility index (Phi) is 7.86. The minimum Gasteiger partial charge on any atom is -0.372 e. The predicted molar refractivity (Wildman–Crippen MR) is 111 cm³/mol. The van der Waals surface area contributed by atoms with Crippen molar-refractivity contribution in [2.24, 2.45) is 0 Å². The van der Waals surface area contributed by atoms with Gasteiger partial charge in [-0.05, 0) is 50.6 Å². The second kappa shape index (κ2) is 10.4. The number of hydrogen-bond acceptors (Lipinski definition) is 3. The molecular formula is C22H29N3O2. The van der Waals surface area contributed by atoms with Crippen LogP contribution >= 0.6 is 0 Å². The standard InChI is InChI=1S/C22H29N3O2/c1-4-24(5-2)20-14-12-19(13-15-20)23-21(26)16-22(27)25(6-3)17-18-10-8-7-9-11-18/h7-15H,4-6,16-17H2,1-3H3,(H,23,26). The van der Waals surface area contributed by atoms with Gasteiger partial charge in [-0.1, -0.05) is 30.3 Å². The van der Waals surface area contributed by atoms with Gasteiger partial charge >= 0.3 is 0 Å². The van der Waals surface area contributed by atoms with Crippen molar-refractivity contribution < 1.29 is 9.59 Å². The maximum absolute atomic E-state index is 12.5. The van der Waals surface area contributed by atoms with E-state index in [0.29, 0.717) is 18.8 Å². The van der Waals surface area contributed by atoms with Crippen LogP contribution in [0.2, 0.25) is 0 Å². The van der Waals surface area contributed by atoms with Crippen LogP contribution in [0.4, 0.5) is 11.4 Å². The zero-order chi connectivity index (χ0) is 19.6. The van der Waals surface area contributed by atoms with Crippen molar-refractivity contribution in [1.82, 2.24) is 4.90 Å². The molecule has 0 aromatic heterocycles. The van der Waals surface area contributed by atoms with E-state index in [0.717, 1.165) is 24.3 Å². The molecule has 0 spiro atoms. The monoisotopic (exact) mass is 367 g/mol. The fraction of sp³-hybridized carbons (Fsp3) is 0.364. The summed E-state index contributed by atoms with van der Waals surface area (Å²) in [6, 6.07) is 17.5. The molecular weight excluding hydrogens is 338 g/mol. The van der Waals surface area contributed by atoms with Crippen LogP contribution in [0.25, 0.3) is 0 Å². The van der Waals surface area contributed by atoms with Crippen LogP contribution in [-0.4, -0.2) is 36.3 Å². The van der Waals surface area contributed by atoms with E-state index in [1.165, 1.54) is 0 Å². The minimum atomic E-state index is -0.290. The molecule has 5 heteroatoms. The first kappa shape index (κ1) is 20.5. The van der Waals surface area contributed by atoms with Crippen LogP contribution in [0, 0.1) is 0 Å². The number of rotatable bonds is 9. The van der Waals surface area contributed by atoms with Gasteiger partial charge in [0.25, 0.3) is 0 Å². The van der Waals surface area contributed by atoms with Gasteiger partial charge in [0, 0.05) is 37.6 Å². The highest BCUT2D eigenvalue weighted by atomic mass is 16.2. The lowest BCUT2D eigenvalue weighted by molar-refractivity contribution is -0.134. The van der Waals surface area contributed by atoms with E-state index in [1.807, 2.05) is 61.5 Å². The van der Waals surface area contributed by atoms with Gasteiger partial charge in [0.15, 0.2) is 0 Å². The number of anilines is 2. The number of amides is 2. The molecule has 0 saturated carbocycles. The Balaban J connectivity index is 1.91. The summed E-state index contributed by atoms with van der Waals surface area (Å²) in [5, 5.41) is 2.81. The third-order valence-corrected chi connectivity index (χ3v) is 4.54. The molecule has 0 saturated heterocycles. The van der Waals surface area contributed by atoms with E-state index in [9.17, 15) is 9.59 Å². The van der Waals surface area contributed by atoms with Crippen LogP contribution in [-0.2, 0) is 16.1 Å². The molecule has 27 heavy (non-hydrogen) atoms.